The highest BCUT2D eigenvalue weighted by Gasteiger charge is 2.00. The van der Waals surface area contributed by atoms with Crippen LogP contribution in [0.5, 0.6) is 0 Å². The summed E-state index contributed by atoms with van der Waals surface area (Å²) in [4.78, 5) is 0. The van der Waals surface area contributed by atoms with Crippen LogP contribution in [0, 0.1) is 5.92 Å². The first-order chi connectivity index (χ1) is 6.95. The first kappa shape index (κ1) is 9.26. The van der Waals surface area contributed by atoms with Crippen molar-refractivity contribution in [1.29, 1.82) is 0 Å². The second-order valence-corrected chi connectivity index (χ2v) is 3.78. The monoisotopic (exact) mass is 184 g/mol. The zero-order valence-electron chi connectivity index (χ0n) is 8.39. The van der Waals surface area contributed by atoms with Crippen LogP contribution in [0.2, 0.25) is 0 Å². The van der Waals surface area contributed by atoms with Gasteiger partial charge in [0.15, 0.2) is 0 Å². The second kappa shape index (κ2) is 4.80. The molecular formula is C14H16. The third kappa shape index (κ3) is 2.59. The van der Waals surface area contributed by atoms with Crippen LogP contribution in [0.4, 0.5) is 0 Å². The predicted molar refractivity (Wildman–Crippen MR) is 62.0 cm³/mol. The van der Waals surface area contributed by atoms with Gasteiger partial charge < -0.3 is 0 Å². The lowest BCUT2D eigenvalue weighted by Gasteiger charge is -2.08. The van der Waals surface area contributed by atoms with E-state index in [1.54, 1.807) is 0 Å². The van der Waals surface area contributed by atoms with Crippen LogP contribution in [-0.2, 0) is 0 Å². The summed E-state index contributed by atoms with van der Waals surface area (Å²) < 4.78 is 0. The Balaban J connectivity index is 1.93. The van der Waals surface area contributed by atoms with Crippen molar-refractivity contribution in [2.75, 3.05) is 0 Å². The maximum absolute atomic E-state index is 2.31. The molecule has 0 aromatic rings. The number of hydrogen-bond acceptors (Lipinski definition) is 0. The Hall–Kier alpha value is -1.30. The lowest BCUT2D eigenvalue weighted by molar-refractivity contribution is 0.819. The highest BCUT2D eigenvalue weighted by molar-refractivity contribution is 5.28. The highest BCUT2D eigenvalue weighted by Crippen LogP contribution is 2.17. The van der Waals surface area contributed by atoms with Gasteiger partial charge in [0.05, 0.1) is 0 Å². The largest absolute Gasteiger partial charge is 0.0842 e. The highest BCUT2D eigenvalue weighted by atomic mass is 14.1. The second-order valence-electron chi connectivity index (χ2n) is 3.78. The van der Waals surface area contributed by atoms with E-state index in [4.69, 9.17) is 0 Å². The Kier molecular flexibility index (Phi) is 3.18. The molecule has 14 heavy (non-hydrogen) atoms. The Bertz CT molecular complexity index is 324. The first-order valence-electron chi connectivity index (χ1n) is 5.32. The van der Waals surface area contributed by atoms with E-state index in [-0.39, 0.29) is 0 Å². The summed E-state index contributed by atoms with van der Waals surface area (Å²) in [5.41, 5.74) is 1.45. The molecule has 2 aliphatic rings. The molecule has 1 unspecified atom stereocenters. The van der Waals surface area contributed by atoms with Crippen molar-refractivity contribution < 1.29 is 0 Å². The molecule has 72 valence electrons. The molecule has 2 aliphatic carbocycles. The van der Waals surface area contributed by atoms with Crippen LogP contribution in [0.25, 0.3) is 0 Å². The van der Waals surface area contributed by atoms with E-state index in [0.717, 1.165) is 6.42 Å². The maximum Gasteiger partial charge on any atom is -0.00125 e. The molecule has 1 atom stereocenters. The standard InChI is InChI=1S/C14H16/c1-3-7-13(8-4-1)11-12-14-9-5-2-6-10-14/h1-5,7,9,11-13H,6,8,10H2/b12-11-. The smallest absolute Gasteiger partial charge is 0.00125 e. The molecule has 2 rings (SSSR count). The van der Waals surface area contributed by atoms with E-state index in [0.29, 0.717) is 5.92 Å². The van der Waals surface area contributed by atoms with Crippen molar-refractivity contribution >= 4 is 0 Å². The van der Waals surface area contributed by atoms with Gasteiger partial charge in [-0.05, 0) is 30.8 Å². The van der Waals surface area contributed by atoms with Gasteiger partial charge in [-0.25, -0.2) is 0 Å². The van der Waals surface area contributed by atoms with E-state index in [1.807, 2.05) is 0 Å². The van der Waals surface area contributed by atoms with Gasteiger partial charge in [-0.3, -0.25) is 0 Å². The third-order valence-corrected chi connectivity index (χ3v) is 2.62. The topological polar surface area (TPSA) is 0 Å². The summed E-state index contributed by atoms with van der Waals surface area (Å²) in [6.45, 7) is 0. The SMILES string of the molecule is C1=CCCC(/C=C\C2C=CC=CC2)=C1. The predicted octanol–water partition coefficient (Wildman–Crippen LogP) is 3.95. The maximum atomic E-state index is 2.31. The fraction of sp³-hybridized carbons (Fsp3) is 0.286. The van der Waals surface area contributed by atoms with Crippen molar-refractivity contribution in [3.63, 3.8) is 0 Å². The summed E-state index contributed by atoms with van der Waals surface area (Å²) in [6.07, 6.45) is 23.4. The molecule has 0 nitrogen and oxygen atoms in total. The Morgan fingerprint density at radius 1 is 1.14 bits per heavy atom. The fourth-order valence-electron chi connectivity index (χ4n) is 1.75. The minimum atomic E-state index is 0.604. The van der Waals surface area contributed by atoms with E-state index >= 15 is 0 Å². The third-order valence-electron chi connectivity index (χ3n) is 2.62. The van der Waals surface area contributed by atoms with Gasteiger partial charge in [0.1, 0.15) is 0 Å². The summed E-state index contributed by atoms with van der Waals surface area (Å²) in [7, 11) is 0. The molecule has 0 N–H and O–H groups in total. The minimum absolute atomic E-state index is 0.604. The molecule has 0 aromatic heterocycles. The zero-order chi connectivity index (χ0) is 9.64. The molecule has 0 bridgehead atoms. The molecule has 0 saturated carbocycles. The lowest BCUT2D eigenvalue weighted by atomic mass is 9.97. The Morgan fingerprint density at radius 2 is 2.14 bits per heavy atom. The molecule has 0 spiro atoms. The van der Waals surface area contributed by atoms with Crippen LogP contribution < -0.4 is 0 Å². The van der Waals surface area contributed by atoms with E-state index in [9.17, 15) is 0 Å². The van der Waals surface area contributed by atoms with Crippen molar-refractivity contribution in [1.82, 2.24) is 0 Å². The molecule has 0 heteroatoms. The fourth-order valence-corrected chi connectivity index (χ4v) is 1.75. The Labute approximate surface area is 86.0 Å². The van der Waals surface area contributed by atoms with Gasteiger partial charge in [0, 0.05) is 0 Å². The van der Waals surface area contributed by atoms with Crippen molar-refractivity contribution in [3.8, 4) is 0 Å². The van der Waals surface area contributed by atoms with E-state index < -0.39 is 0 Å². The van der Waals surface area contributed by atoms with Crippen LogP contribution >= 0.6 is 0 Å². The molecule has 0 saturated heterocycles. The molecule has 0 heterocycles. The van der Waals surface area contributed by atoms with E-state index in [1.165, 1.54) is 18.4 Å². The average molecular weight is 184 g/mol. The number of rotatable bonds is 2. The average Bonchev–Trinajstić information content (AvgIpc) is 2.29. The molecule has 0 aliphatic heterocycles. The first-order valence-corrected chi connectivity index (χ1v) is 5.32. The van der Waals surface area contributed by atoms with Gasteiger partial charge in [-0.1, -0.05) is 54.7 Å². The normalized spacial score (nSPS) is 25.7. The van der Waals surface area contributed by atoms with Gasteiger partial charge >= 0.3 is 0 Å². The van der Waals surface area contributed by atoms with E-state index in [2.05, 4.69) is 54.7 Å². The summed E-state index contributed by atoms with van der Waals surface area (Å²) in [5.74, 6) is 0.604. The van der Waals surface area contributed by atoms with Gasteiger partial charge in [-0.2, -0.15) is 0 Å². The molecular weight excluding hydrogens is 168 g/mol. The van der Waals surface area contributed by atoms with Crippen LogP contribution in [-0.4, -0.2) is 0 Å². The quantitative estimate of drug-likeness (QED) is 0.609. The lowest BCUT2D eigenvalue weighted by Crippen LogP contribution is -1.93. The number of allylic oxidation sites excluding steroid dienone is 10. The molecule has 0 fully saturated rings. The van der Waals surface area contributed by atoms with Crippen molar-refractivity contribution in [2.45, 2.75) is 19.3 Å². The van der Waals surface area contributed by atoms with Crippen molar-refractivity contribution in [2.24, 2.45) is 5.92 Å². The summed E-state index contributed by atoms with van der Waals surface area (Å²) in [5, 5.41) is 0. The van der Waals surface area contributed by atoms with Crippen LogP contribution in [0.3, 0.4) is 0 Å². The van der Waals surface area contributed by atoms with Gasteiger partial charge in [0.25, 0.3) is 0 Å². The molecule has 0 aromatic carbocycles. The van der Waals surface area contributed by atoms with Crippen molar-refractivity contribution in [3.05, 3.63) is 60.3 Å². The number of hydrogen-bond donors (Lipinski definition) is 0. The zero-order valence-corrected chi connectivity index (χ0v) is 8.39. The minimum Gasteiger partial charge on any atom is -0.0842 e. The van der Waals surface area contributed by atoms with Gasteiger partial charge in [-0.15, -0.1) is 0 Å². The molecule has 0 amide bonds. The summed E-state index contributed by atoms with van der Waals surface area (Å²) >= 11 is 0. The van der Waals surface area contributed by atoms with Crippen LogP contribution in [0.1, 0.15) is 19.3 Å². The van der Waals surface area contributed by atoms with Gasteiger partial charge in [0.2, 0.25) is 0 Å². The molecule has 0 radical (unpaired) electrons. The summed E-state index contributed by atoms with van der Waals surface area (Å²) in [6, 6.07) is 0. The van der Waals surface area contributed by atoms with Crippen LogP contribution in [0.15, 0.2) is 60.3 Å². The Morgan fingerprint density at radius 3 is 2.86 bits per heavy atom.